The Morgan fingerprint density at radius 3 is 2.69 bits per heavy atom. The second kappa shape index (κ2) is 10.2. The van der Waals surface area contributed by atoms with Crippen LogP contribution in [0.5, 0.6) is 5.75 Å². The Morgan fingerprint density at radius 2 is 1.90 bits per heavy atom. The highest BCUT2D eigenvalue weighted by Crippen LogP contribution is 2.39. The molecule has 0 saturated heterocycles. The molecule has 0 aliphatic carbocycles. The van der Waals surface area contributed by atoms with Gasteiger partial charge in [-0.3, -0.25) is 0 Å². The van der Waals surface area contributed by atoms with E-state index in [2.05, 4.69) is 54.1 Å². The lowest BCUT2D eigenvalue weighted by atomic mass is 9.98. The summed E-state index contributed by atoms with van der Waals surface area (Å²) in [7, 11) is 0. The van der Waals surface area contributed by atoms with Crippen LogP contribution in [0.2, 0.25) is 0 Å². The minimum atomic E-state index is -0.279. The van der Waals surface area contributed by atoms with E-state index in [0.29, 0.717) is 37.9 Å². The molecule has 7 heteroatoms. The number of aromatic amines is 1. The van der Waals surface area contributed by atoms with Gasteiger partial charge in [0.2, 0.25) is 0 Å². The number of fused-ring (bicyclic) bond motifs is 2. The quantitative estimate of drug-likeness (QED) is 0.244. The van der Waals surface area contributed by atoms with Crippen LogP contribution in [0.15, 0.2) is 67.0 Å². The smallest absolute Gasteiger partial charge is 0.165 e. The molecule has 1 N–H and O–H groups in total. The summed E-state index contributed by atoms with van der Waals surface area (Å²) in [5.74, 6) is 1.53. The van der Waals surface area contributed by atoms with Crippen LogP contribution in [-0.4, -0.2) is 32.9 Å². The number of H-pyrrole nitrogens is 1. The fourth-order valence-electron chi connectivity index (χ4n) is 5.30. The average Bonchev–Trinajstić information content (AvgIpc) is 3.56. The van der Waals surface area contributed by atoms with Crippen molar-refractivity contribution in [2.45, 2.75) is 46.6 Å². The number of nitrogens with zero attached hydrogens (tertiary/aromatic N) is 4. The van der Waals surface area contributed by atoms with Gasteiger partial charge < -0.3 is 14.6 Å². The zero-order valence-corrected chi connectivity index (χ0v) is 22.9. The molecule has 3 aromatic heterocycles. The van der Waals surface area contributed by atoms with Crippen LogP contribution in [0.4, 0.5) is 10.2 Å². The molecular weight excluding hydrogens is 489 g/mol. The van der Waals surface area contributed by atoms with E-state index in [9.17, 15) is 0 Å². The van der Waals surface area contributed by atoms with E-state index in [0.717, 1.165) is 50.4 Å². The van der Waals surface area contributed by atoms with Crippen LogP contribution < -0.4 is 9.64 Å². The first-order chi connectivity index (χ1) is 18.9. The van der Waals surface area contributed by atoms with Crippen LogP contribution in [0.3, 0.4) is 0 Å². The van der Waals surface area contributed by atoms with E-state index in [1.807, 2.05) is 47.8 Å². The Balaban J connectivity index is 1.50. The van der Waals surface area contributed by atoms with Gasteiger partial charge in [0.1, 0.15) is 11.4 Å². The highest BCUT2D eigenvalue weighted by Gasteiger charge is 2.29. The molecule has 1 aliphatic heterocycles. The predicted molar refractivity (Wildman–Crippen MR) is 154 cm³/mol. The fourth-order valence-corrected chi connectivity index (χ4v) is 5.30. The first-order valence-electron chi connectivity index (χ1n) is 13.7. The highest BCUT2D eigenvalue weighted by atomic mass is 19.1. The normalized spacial score (nSPS) is 13.5. The van der Waals surface area contributed by atoms with Gasteiger partial charge in [-0.05, 0) is 47.7 Å². The summed E-state index contributed by atoms with van der Waals surface area (Å²) in [5.41, 5.74) is 7.04. The summed E-state index contributed by atoms with van der Waals surface area (Å²) in [5, 5.41) is 6.27. The molecule has 0 atom stereocenters. The van der Waals surface area contributed by atoms with Gasteiger partial charge in [0.05, 0.1) is 18.0 Å². The maximum absolute atomic E-state index is 15.3. The van der Waals surface area contributed by atoms with Crippen molar-refractivity contribution in [2.75, 3.05) is 18.1 Å². The number of pyridine rings is 1. The third kappa shape index (κ3) is 4.67. The van der Waals surface area contributed by atoms with Gasteiger partial charge in [0.15, 0.2) is 11.6 Å². The van der Waals surface area contributed by atoms with Crippen LogP contribution in [0.25, 0.3) is 27.8 Å². The summed E-state index contributed by atoms with van der Waals surface area (Å²) < 4.78 is 23.6. The zero-order chi connectivity index (χ0) is 27.1. The van der Waals surface area contributed by atoms with Gasteiger partial charge >= 0.3 is 0 Å². The Labute approximate surface area is 228 Å². The molecule has 0 amide bonds. The number of benzene rings is 2. The van der Waals surface area contributed by atoms with E-state index in [1.165, 1.54) is 0 Å². The molecule has 0 radical (unpaired) electrons. The second-order valence-corrected chi connectivity index (χ2v) is 11.0. The Bertz CT molecular complexity index is 1630. The monoisotopic (exact) mass is 523 g/mol. The van der Waals surface area contributed by atoms with Crippen LogP contribution >= 0.6 is 0 Å². The number of aromatic nitrogens is 4. The van der Waals surface area contributed by atoms with Gasteiger partial charge in [-0.1, -0.05) is 52.0 Å². The first kappa shape index (κ1) is 25.2. The molecule has 2 aromatic carbocycles. The lowest BCUT2D eigenvalue weighted by Crippen LogP contribution is -2.31. The van der Waals surface area contributed by atoms with E-state index in [1.54, 1.807) is 12.3 Å². The number of hydrogen-bond acceptors (Lipinski definition) is 4. The van der Waals surface area contributed by atoms with Crippen LogP contribution in [0, 0.1) is 11.7 Å². The highest BCUT2D eigenvalue weighted by molar-refractivity contribution is 5.95. The molecule has 6 nitrogen and oxygen atoms in total. The molecule has 6 rings (SSSR count). The topological polar surface area (TPSA) is 59.0 Å². The molecule has 0 saturated carbocycles. The van der Waals surface area contributed by atoms with Crippen molar-refractivity contribution >= 4 is 16.7 Å². The van der Waals surface area contributed by atoms with Crippen LogP contribution in [-0.2, 0) is 13.0 Å². The first-order valence-corrected chi connectivity index (χ1v) is 13.7. The SMILES string of the molecule is CC(C)COc1ccccc1-n1nc2c(c1-c1cccc3[nH]ccc13)CN(c1ncc(C(C)C)cc1F)CC2. The van der Waals surface area contributed by atoms with Crippen molar-refractivity contribution in [3.63, 3.8) is 0 Å². The number of halogens is 1. The fraction of sp³-hybridized carbons (Fsp3) is 0.312. The molecule has 0 bridgehead atoms. The molecule has 4 heterocycles. The van der Waals surface area contributed by atoms with E-state index in [-0.39, 0.29) is 11.7 Å². The van der Waals surface area contributed by atoms with Crippen molar-refractivity contribution in [2.24, 2.45) is 5.92 Å². The minimum Gasteiger partial charge on any atom is -0.491 e. The van der Waals surface area contributed by atoms with E-state index >= 15 is 4.39 Å². The molecular formula is C32H34FN5O. The number of nitrogens with one attached hydrogen (secondary N) is 1. The standard InChI is InChI=1S/C32H34FN5O/c1-20(2)19-39-30-11-6-5-10-29(30)38-31(24-8-7-9-27-23(24)12-14-34-27)25-18-37(15-13-28(25)36-38)32-26(33)16-22(17-35-32)21(3)4/h5-12,14,16-17,20-21,34H,13,15,18-19H2,1-4H3. The summed E-state index contributed by atoms with van der Waals surface area (Å²) >= 11 is 0. The molecule has 200 valence electrons. The molecule has 0 fully saturated rings. The molecule has 1 aliphatic rings. The number of ether oxygens (including phenoxy) is 1. The Morgan fingerprint density at radius 1 is 1.05 bits per heavy atom. The maximum atomic E-state index is 15.3. The summed E-state index contributed by atoms with van der Waals surface area (Å²) in [6, 6.07) is 18.1. The lowest BCUT2D eigenvalue weighted by Gasteiger charge is -2.28. The largest absolute Gasteiger partial charge is 0.491 e. The Hall–Kier alpha value is -4.13. The predicted octanol–water partition coefficient (Wildman–Crippen LogP) is 7.28. The van der Waals surface area contributed by atoms with Gasteiger partial charge in [0.25, 0.3) is 0 Å². The minimum absolute atomic E-state index is 0.221. The molecule has 5 aromatic rings. The van der Waals surface area contributed by atoms with Crippen molar-refractivity contribution in [1.29, 1.82) is 0 Å². The Kier molecular flexibility index (Phi) is 6.59. The third-order valence-corrected chi connectivity index (χ3v) is 7.36. The zero-order valence-electron chi connectivity index (χ0n) is 22.9. The third-order valence-electron chi connectivity index (χ3n) is 7.36. The van der Waals surface area contributed by atoms with Crippen LogP contribution in [0.1, 0.15) is 50.4 Å². The van der Waals surface area contributed by atoms with Gasteiger partial charge in [0, 0.05) is 53.9 Å². The number of anilines is 1. The van der Waals surface area contributed by atoms with Gasteiger partial charge in [-0.25, -0.2) is 14.1 Å². The second-order valence-electron chi connectivity index (χ2n) is 11.0. The number of hydrogen-bond donors (Lipinski definition) is 1. The summed E-state index contributed by atoms with van der Waals surface area (Å²) in [4.78, 5) is 9.93. The van der Waals surface area contributed by atoms with Crippen molar-refractivity contribution in [3.8, 4) is 22.7 Å². The van der Waals surface area contributed by atoms with E-state index < -0.39 is 0 Å². The van der Waals surface area contributed by atoms with Crippen molar-refractivity contribution in [1.82, 2.24) is 19.7 Å². The van der Waals surface area contributed by atoms with Gasteiger partial charge in [-0.15, -0.1) is 0 Å². The maximum Gasteiger partial charge on any atom is 0.165 e. The van der Waals surface area contributed by atoms with Crippen molar-refractivity contribution < 1.29 is 9.13 Å². The summed E-state index contributed by atoms with van der Waals surface area (Å²) in [6.45, 7) is 10.2. The van der Waals surface area contributed by atoms with Gasteiger partial charge in [-0.2, -0.15) is 5.10 Å². The van der Waals surface area contributed by atoms with Crippen molar-refractivity contribution in [3.05, 3.63) is 89.6 Å². The van der Waals surface area contributed by atoms with E-state index in [4.69, 9.17) is 9.84 Å². The number of rotatable bonds is 7. The number of para-hydroxylation sites is 2. The average molecular weight is 524 g/mol. The lowest BCUT2D eigenvalue weighted by molar-refractivity contribution is 0.270. The molecule has 0 spiro atoms. The molecule has 39 heavy (non-hydrogen) atoms. The molecule has 0 unspecified atom stereocenters. The summed E-state index contributed by atoms with van der Waals surface area (Å²) in [6.07, 6.45) is 4.45.